The zero-order chi connectivity index (χ0) is 14.4. The maximum atomic E-state index is 11.6. The Balaban J connectivity index is 1.77. The zero-order valence-corrected chi connectivity index (χ0v) is 11.1. The second-order valence-electron chi connectivity index (χ2n) is 4.36. The first kappa shape index (κ1) is 14.0. The molecule has 7 heteroatoms. The molecule has 0 aromatic heterocycles. The number of ether oxygens (including phenoxy) is 1. The fourth-order valence-corrected chi connectivity index (χ4v) is 1.77. The minimum absolute atomic E-state index is 0.107. The fourth-order valence-electron chi connectivity index (χ4n) is 1.77. The first-order valence-corrected chi connectivity index (χ1v) is 6.17. The lowest BCUT2D eigenvalue weighted by Crippen LogP contribution is -2.34. The van der Waals surface area contributed by atoms with E-state index >= 15 is 0 Å². The minimum Gasteiger partial charge on any atom is -0.497 e. The van der Waals surface area contributed by atoms with Gasteiger partial charge in [-0.3, -0.25) is 15.0 Å². The number of benzene rings is 1. The molecule has 1 unspecified atom stereocenters. The van der Waals surface area contributed by atoms with Crippen LogP contribution in [0.25, 0.3) is 0 Å². The molecule has 1 saturated heterocycles. The van der Waals surface area contributed by atoms with Crippen molar-refractivity contribution in [2.75, 3.05) is 7.11 Å². The maximum absolute atomic E-state index is 11.6. The molecule has 2 amide bonds. The van der Waals surface area contributed by atoms with Crippen molar-refractivity contribution in [2.45, 2.75) is 18.9 Å². The van der Waals surface area contributed by atoms with Gasteiger partial charge in [-0.1, -0.05) is 0 Å². The molecule has 0 bridgehead atoms. The van der Waals surface area contributed by atoms with Gasteiger partial charge >= 0.3 is 0 Å². The number of carbonyl (C=O) groups is 2. The number of methoxy groups -OCH3 is 1. The van der Waals surface area contributed by atoms with Crippen molar-refractivity contribution in [3.63, 3.8) is 0 Å². The number of hydrogen-bond acceptors (Lipinski definition) is 5. The van der Waals surface area contributed by atoms with Crippen LogP contribution in [0.2, 0.25) is 0 Å². The summed E-state index contributed by atoms with van der Waals surface area (Å²) in [6.07, 6.45) is 2.04. The largest absolute Gasteiger partial charge is 0.497 e. The smallest absolute Gasteiger partial charge is 0.241 e. The Kier molecular flexibility index (Phi) is 4.67. The summed E-state index contributed by atoms with van der Waals surface area (Å²) in [5.74, 6) is 0.406. The molecule has 3 N–H and O–H groups in total. The van der Waals surface area contributed by atoms with Crippen LogP contribution < -0.4 is 21.0 Å². The number of hydrazone groups is 1. The molecule has 0 aliphatic carbocycles. The van der Waals surface area contributed by atoms with Crippen LogP contribution in [0.4, 0.5) is 0 Å². The molecular weight excluding hydrogens is 260 g/mol. The van der Waals surface area contributed by atoms with Crippen LogP contribution in [0.15, 0.2) is 29.4 Å². The minimum atomic E-state index is -0.247. The number of rotatable bonds is 5. The quantitative estimate of drug-likeness (QED) is 0.518. The molecule has 1 aliphatic rings. The van der Waals surface area contributed by atoms with E-state index in [2.05, 4.69) is 21.4 Å². The molecule has 7 nitrogen and oxygen atoms in total. The van der Waals surface area contributed by atoms with Crippen LogP contribution in [0.3, 0.4) is 0 Å². The van der Waals surface area contributed by atoms with E-state index < -0.39 is 0 Å². The van der Waals surface area contributed by atoms with Crippen molar-refractivity contribution in [1.29, 1.82) is 0 Å². The number of nitrogens with one attached hydrogen (secondary N) is 3. The average Bonchev–Trinajstić information content (AvgIpc) is 2.85. The van der Waals surface area contributed by atoms with E-state index in [1.807, 2.05) is 24.3 Å². The highest BCUT2D eigenvalue weighted by Crippen LogP contribution is 2.09. The third-order valence-electron chi connectivity index (χ3n) is 2.80. The third-order valence-corrected chi connectivity index (χ3v) is 2.80. The second-order valence-corrected chi connectivity index (χ2v) is 4.36. The summed E-state index contributed by atoms with van der Waals surface area (Å²) in [6.45, 7) is 0. The molecule has 1 heterocycles. The molecule has 20 heavy (non-hydrogen) atoms. The molecule has 1 aliphatic heterocycles. The first-order chi connectivity index (χ1) is 9.67. The van der Waals surface area contributed by atoms with E-state index in [0.717, 1.165) is 11.3 Å². The van der Waals surface area contributed by atoms with Crippen molar-refractivity contribution < 1.29 is 14.3 Å². The lowest BCUT2D eigenvalue weighted by atomic mass is 10.1. The Hall–Kier alpha value is -2.41. The van der Waals surface area contributed by atoms with Gasteiger partial charge in [0, 0.05) is 18.9 Å². The Bertz CT molecular complexity index is 513. The summed E-state index contributed by atoms with van der Waals surface area (Å²) in [6, 6.07) is 7.09. The van der Waals surface area contributed by atoms with Gasteiger partial charge in [0.05, 0.1) is 13.3 Å². The number of hydrazine groups is 1. The highest BCUT2D eigenvalue weighted by atomic mass is 16.5. The zero-order valence-electron chi connectivity index (χ0n) is 11.1. The first-order valence-electron chi connectivity index (χ1n) is 6.17. The van der Waals surface area contributed by atoms with Crippen LogP contribution in [0, 0.1) is 0 Å². The van der Waals surface area contributed by atoms with Gasteiger partial charge in [-0.15, -0.1) is 0 Å². The highest BCUT2D eigenvalue weighted by Gasteiger charge is 2.22. The lowest BCUT2D eigenvalue weighted by molar-refractivity contribution is -0.121. The van der Waals surface area contributed by atoms with Gasteiger partial charge in [0.2, 0.25) is 11.8 Å². The maximum Gasteiger partial charge on any atom is 0.241 e. The Morgan fingerprint density at radius 2 is 2.25 bits per heavy atom. The van der Waals surface area contributed by atoms with E-state index in [4.69, 9.17) is 4.74 Å². The molecule has 1 aromatic rings. The Labute approximate surface area is 116 Å². The second kappa shape index (κ2) is 6.67. The molecule has 0 saturated carbocycles. The topological polar surface area (TPSA) is 91.8 Å². The normalized spacial score (nSPS) is 18.1. The van der Waals surface area contributed by atoms with Gasteiger partial charge in [-0.25, -0.2) is 10.9 Å². The SMILES string of the molecule is COc1ccc(/C=N/NC(=O)CC2CC(=O)NN2)cc1. The summed E-state index contributed by atoms with van der Waals surface area (Å²) < 4.78 is 5.04. The van der Waals surface area contributed by atoms with Gasteiger partial charge in [-0.05, 0) is 29.8 Å². The number of amides is 2. The van der Waals surface area contributed by atoms with Crippen LogP contribution in [0.5, 0.6) is 5.75 Å². The molecule has 2 rings (SSSR count). The monoisotopic (exact) mass is 276 g/mol. The van der Waals surface area contributed by atoms with Crippen LogP contribution in [-0.2, 0) is 9.59 Å². The Morgan fingerprint density at radius 1 is 1.50 bits per heavy atom. The van der Waals surface area contributed by atoms with Crippen LogP contribution >= 0.6 is 0 Å². The lowest BCUT2D eigenvalue weighted by Gasteiger charge is -2.05. The molecule has 106 valence electrons. The molecule has 1 aromatic carbocycles. The van der Waals surface area contributed by atoms with Crippen molar-refractivity contribution in [3.05, 3.63) is 29.8 Å². The van der Waals surface area contributed by atoms with Gasteiger partial charge < -0.3 is 4.74 Å². The van der Waals surface area contributed by atoms with Gasteiger partial charge in [-0.2, -0.15) is 5.10 Å². The van der Waals surface area contributed by atoms with E-state index in [-0.39, 0.29) is 24.3 Å². The average molecular weight is 276 g/mol. The molecular formula is C13H16N4O3. The Morgan fingerprint density at radius 3 is 2.85 bits per heavy atom. The number of nitrogens with zero attached hydrogens (tertiary/aromatic N) is 1. The van der Waals surface area contributed by atoms with Crippen LogP contribution in [0.1, 0.15) is 18.4 Å². The van der Waals surface area contributed by atoms with Crippen molar-refractivity contribution in [3.8, 4) is 5.75 Å². The molecule has 0 radical (unpaired) electrons. The summed E-state index contributed by atoms with van der Waals surface area (Å²) in [5, 5.41) is 3.86. The molecule has 1 atom stereocenters. The standard InChI is InChI=1S/C13H16N4O3/c1-20-11-4-2-9(3-5-11)8-14-16-12(18)6-10-7-13(19)17-15-10/h2-5,8,10,15H,6-7H2,1H3,(H,16,18)(H,17,19)/b14-8+. The van der Waals surface area contributed by atoms with Gasteiger partial charge in [0.1, 0.15) is 5.75 Å². The van der Waals surface area contributed by atoms with E-state index in [1.54, 1.807) is 13.3 Å². The number of carbonyl (C=O) groups excluding carboxylic acids is 2. The summed E-state index contributed by atoms with van der Waals surface area (Å²) >= 11 is 0. The van der Waals surface area contributed by atoms with Crippen molar-refractivity contribution in [1.82, 2.24) is 16.3 Å². The summed E-state index contributed by atoms with van der Waals surface area (Å²) in [5.41, 5.74) is 8.45. The predicted molar refractivity (Wildman–Crippen MR) is 73.0 cm³/mol. The summed E-state index contributed by atoms with van der Waals surface area (Å²) in [4.78, 5) is 22.5. The van der Waals surface area contributed by atoms with Crippen LogP contribution in [-0.4, -0.2) is 31.2 Å². The van der Waals surface area contributed by atoms with E-state index in [9.17, 15) is 9.59 Å². The molecule has 1 fully saturated rings. The number of hydrogen-bond donors (Lipinski definition) is 3. The third kappa shape index (κ3) is 4.06. The van der Waals surface area contributed by atoms with E-state index in [0.29, 0.717) is 6.42 Å². The van der Waals surface area contributed by atoms with Crippen molar-refractivity contribution >= 4 is 18.0 Å². The molecule has 0 spiro atoms. The predicted octanol–water partition coefficient (Wildman–Crippen LogP) is -0.0715. The van der Waals surface area contributed by atoms with Gasteiger partial charge in [0.25, 0.3) is 0 Å². The van der Waals surface area contributed by atoms with Crippen molar-refractivity contribution in [2.24, 2.45) is 5.10 Å². The summed E-state index contributed by atoms with van der Waals surface area (Å²) in [7, 11) is 1.60. The van der Waals surface area contributed by atoms with E-state index in [1.165, 1.54) is 0 Å². The highest BCUT2D eigenvalue weighted by molar-refractivity contribution is 5.84. The fraction of sp³-hybridized carbons (Fsp3) is 0.308. The van der Waals surface area contributed by atoms with Gasteiger partial charge in [0.15, 0.2) is 0 Å².